The molecule has 43 heavy (non-hydrogen) atoms. The number of carbonyl (C=O) groups excluding carboxylic acids is 2. The Balaban J connectivity index is 0.000000264. The van der Waals surface area contributed by atoms with Gasteiger partial charge in [0.25, 0.3) is 0 Å². The third kappa shape index (κ3) is 7.00. The van der Waals surface area contributed by atoms with Crippen LogP contribution in [0.2, 0.25) is 0 Å². The molecule has 0 N–H and O–H groups in total. The number of rotatable bonds is 2. The Morgan fingerprint density at radius 3 is 1.28 bits per heavy atom. The van der Waals surface area contributed by atoms with E-state index < -0.39 is 0 Å². The molecule has 3 heteroatoms. The maximum absolute atomic E-state index is 11.5. The minimum absolute atomic E-state index is 0. The van der Waals surface area contributed by atoms with E-state index in [-0.39, 0.29) is 42.7 Å². The summed E-state index contributed by atoms with van der Waals surface area (Å²) in [5.41, 5.74) is 8.54. The van der Waals surface area contributed by atoms with Crippen molar-refractivity contribution in [1.29, 1.82) is 0 Å². The van der Waals surface area contributed by atoms with E-state index in [0.29, 0.717) is 11.8 Å². The predicted molar refractivity (Wildman–Crippen MR) is 179 cm³/mol. The molecule has 2 aromatic rings. The zero-order valence-electron chi connectivity index (χ0n) is 28.9. The number of fused-ring (bicyclic) bond motifs is 6. The first-order chi connectivity index (χ1) is 20.0. The maximum Gasteiger partial charge on any atom is 2.00 e. The van der Waals surface area contributed by atoms with Gasteiger partial charge in [-0.05, 0) is 85.5 Å². The third-order valence-corrected chi connectivity index (χ3v) is 11.5. The molecule has 2 fully saturated rings. The number of hydrogen-bond donors (Lipinski definition) is 0. The van der Waals surface area contributed by atoms with Crippen molar-refractivity contribution in [3.8, 4) is 0 Å². The molecule has 0 amide bonds. The fourth-order valence-corrected chi connectivity index (χ4v) is 9.39. The summed E-state index contributed by atoms with van der Waals surface area (Å²) in [6, 6.07) is 13.7. The van der Waals surface area contributed by atoms with Gasteiger partial charge in [0.1, 0.15) is 0 Å². The smallest absolute Gasteiger partial charge is 0.541 e. The van der Waals surface area contributed by atoms with Crippen LogP contribution in [0, 0.1) is 36.5 Å². The molecular formula is C40H58O2W. The number of aryl methyl sites for hydroxylation is 4. The first-order valence-electron chi connectivity index (χ1n) is 17.0. The van der Waals surface area contributed by atoms with E-state index in [1.54, 1.807) is 0 Å². The first-order valence-corrected chi connectivity index (χ1v) is 17.0. The Labute approximate surface area is 278 Å². The minimum atomic E-state index is -0.242. The van der Waals surface area contributed by atoms with Crippen LogP contribution in [0.5, 0.6) is 0 Å². The average Bonchev–Trinajstić information content (AvgIpc) is 3.00. The Hall–Kier alpha value is -1.53. The molecule has 2 nitrogen and oxygen atoms in total. The Morgan fingerprint density at radius 2 is 0.953 bits per heavy atom. The Kier molecular flexibility index (Phi) is 13.3. The van der Waals surface area contributed by atoms with Crippen LogP contribution in [-0.2, 0) is 54.3 Å². The molecule has 0 saturated heterocycles. The largest absolute Gasteiger partial charge is 2.00 e. The van der Waals surface area contributed by atoms with E-state index in [0.717, 1.165) is 51.4 Å². The van der Waals surface area contributed by atoms with Crippen LogP contribution >= 0.6 is 0 Å². The summed E-state index contributed by atoms with van der Waals surface area (Å²) in [5.74, 6) is 0.918. The standard InChI is InChI=1S/2C18H23O.2C2H6.W/c2*1-13-5-6-14-7-8-16-17(2,12-19)9-4-10-18(16,3)15(14)11-13;2*1-2;/h2*5-6,11,16H,4,7-10H2,1-3H3;2*1-2H3;/q2*-1;;;+2/t2*16-,17+,18+;;;/m00.../s1. The summed E-state index contributed by atoms with van der Waals surface area (Å²) < 4.78 is 0. The van der Waals surface area contributed by atoms with Crippen LogP contribution in [0.4, 0.5) is 0 Å². The molecule has 0 spiro atoms. The monoisotopic (exact) mass is 754 g/mol. The third-order valence-electron chi connectivity index (χ3n) is 11.5. The molecule has 0 heterocycles. The van der Waals surface area contributed by atoms with E-state index >= 15 is 0 Å². The van der Waals surface area contributed by atoms with Crippen molar-refractivity contribution < 1.29 is 30.7 Å². The van der Waals surface area contributed by atoms with Crippen molar-refractivity contribution in [1.82, 2.24) is 0 Å². The van der Waals surface area contributed by atoms with Gasteiger partial charge >= 0.3 is 21.1 Å². The van der Waals surface area contributed by atoms with Crippen molar-refractivity contribution in [2.45, 2.75) is 144 Å². The molecule has 0 unspecified atom stereocenters. The zero-order chi connectivity index (χ0) is 31.3. The van der Waals surface area contributed by atoms with Gasteiger partial charge in [0.2, 0.25) is 0 Å². The van der Waals surface area contributed by atoms with Crippen LogP contribution in [0.15, 0.2) is 36.4 Å². The zero-order valence-corrected chi connectivity index (χ0v) is 31.8. The van der Waals surface area contributed by atoms with Gasteiger partial charge in [-0.25, -0.2) is 0 Å². The average molecular weight is 755 g/mol. The quantitative estimate of drug-likeness (QED) is 0.286. The second kappa shape index (κ2) is 15.2. The maximum atomic E-state index is 11.5. The van der Waals surface area contributed by atoms with Gasteiger partial charge in [-0.1, -0.05) is 140 Å². The van der Waals surface area contributed by atoms with Crippen molar-refractivity contribution in [3.63, 3.8) is 0 Å². The normalized spacial score (nSPS) is 33.3. The van der Waals surface area contributed by atoms with Crippen LogP contribution in [0.25, 0.3) is 0 Å². The molecule has 0 radical (unpaired) electrons. The molecule has 4 aliphatic carbocycles. The van der Waals surface area contributed by atoms with Crippen LogP contribution in [-0.4, -0.2) is 12.6 Å². The van der Waals surface area contributed by atoms with Gasteiger partial charge in [0.15, 0.2) is 0 Å². The molecule has 236 valence electrons. The fraction of sp³-hybridized carbons (Fsp3) is 0.650. The van der Waals surface area contributed by atoms with Crippen LogP contribution in [0.3, 0.4) is 0 Å². The van der Waals surface area contributed by atoms with E-state index in [1.165, 1.54) is 46.2 Å². The summed E-state index contributed by atoms with van der Waals surface area (Å²) >= 11 is 0. The molecule has 0 aromatic heterocycles. The van der Waals surface area contributed by atoms with E-state index in [4.69, 9.17) is 0 Å². The molecule has 6 atom stereocenters. The Morgan fingerprint density at radius 1 is 0.605 bits per heavy atom. The van der Waals surface area contributed by atoms with Gasteiger partial charge in [0.05, 0.1) is 0 Å². The molecule has 2 aromatic carbocycles. The number of benzene rings is 2. The van der Waals surface area contributed by atoms with Crippen LogP contribution < -0.4 is 0 Å². The first kappa shape index (κ1) is 37.7. The molecule has 4 aliphatic rings. The summed E-state index contributed by atoms with van der Waals surface area (Å²) in [4.78, 5) is 23.1. The minimum Gasteiger partial charge on any atom is -0.541 e. The van der Waals surface area contributed by atoms with Crippen LogP contribution in [0.1, 0.15) is 140 Å². The topological polar surface area (TPSA) is 34.1 Å². The fourth-order valence-electron chi connectivity index (χ4n) is 9.39. The summed E-state index contributed by atoms with van der Waals surface area (Å²) in [6.07, 6.45) is 16.1. The SMILES string of the molecule is CC.CC.Cc1ccc2c(c1)[C@@]1(C)CCC[C@](C)([C-]=O)[C@@H]1CC2.Cc1ccc2c(c1)[C@@]1(C)CCC[C@](C)([C-]=O)[C@@H]1CC2.[W+2]. The predicted octanol–water partition coefficient (Wildman–Crippen LogP) is 10.3. The second-order valence-electron chi connectivity index (χ2n) is 14.1. The summed E-state index contributed by atoms with van der Waals surface area (Å²) in [7, 11) is 0. The molecular weight excluding hydrogens is 696 g/mol. The number of hydrogen-bond acceptors (Lipinski definition) is 2. The summed E-state index contributed by atoms with van der Waals surface area (Å²) in [6.45, 7) is 21.3. The van der Waals surface area contributed by atoms with E-state index in [9.17, 15) is 9.59 Å². The van der Waals surface area contributed by atoms with Gasteiger partial charge in [-0.2, -0.15) is 0 Å². The molecule has 0 bridgehead atoms. The van der Waals surface area contributed by atoms with Gasteiger partial charge in [0, 0.05) is 0 Å². The van der Waals surface area contributed by atoms with Gasteiger partial charge < -0.3 is 9.59 Å². The summed E-state index contributed by atoms with van der Waals surface area (Å²) in [5, 5.41) is 0. The molecule has 0 aliphatic heterocycles. The van der Waals surface area contributed by atoms with Gasteiger partial charge in [-0.3, -0.25) is 12.6 Å². The van der Waals surface area contributed by atoms with Crippen molar-refractivity contribution in [2.24, 2.45) is 22.7 Å². The van der Waals surface area contributed by atoms with Crippen molar-refractivity contribution >= 4 is 12.6 Å². The molecule has 6 rings (SSSR count). The van der Waals surface area contributed by atoms with Gasteiger partial charge in [-0.15, -0.1) is 10.8 Å². The van der Waals surface area contributed by atoms with E-state index in [2.05, 4.69) is 90.5 Å². The van der Waals surface area contributed by atoms with Crippen molar-refractivity contribution in [3.05, 3.63) is 69.8 Å². The Bertz CT molecular complexity index is 1140. The second-order valence-corrected chi connectivity index (χ2v) is 14.1. The molecule has 2 saturated carbocycles. The van der Waals surface area contributed by atoms with E-state index in [1.807, 2.05) is 27.7 Å². The van der Waals surface area contributed by atoms with Crippen molar-refractivity contribution in [2.75, 3.05) is 0 Å².